The lowest BCUT2D eigenvalue weighted by molar-refractivity contribution is 0.0999. The Morgan fingerprint density at radius 1 is 1.00 bits per heavy atom. The molecule has 0 fully saturated rings. The average Bonchev–Trinajstić information content (AvgIpc) is 2.34. The van der Waals surface area contributed by atoms with Crippen LogP contribution in [-0.2, 0) is 6.42 Å². The zero-order valence-electron chi connectivity index (χ0n) is 9.49. The Hall–Kier alpha value is -2.23. The summed E-state index contributed by atoms with van der Waals surface area (Å²) in [6.45, 7) is 0. The lowest BCUT2D eigenvalue weighted by atomic mass is 9.99. The van der Waals surface area contributed by atoms with Gasteiger partial charge in [-0.05, 0) is 41.8 Å². The van der Waals surface area contributed by atoms with Gasteiger partial charge in [0.05, 0.1) is 0 Å². The number of hydrogen-bond acceptors (Lipinski definition) is 1. The van der Waals surface area contributed by atoms with E-state index in [4.69, 9.17) is 5.73 Å². The van der Waals surface area contributed by atoms with Crippen molar-refractivity contribution in [2.45, 2.75) is 6.42 Å². The highest BCUT2D eigenvalue weighted by atomic mass is 19.1. The summed E-state index contributed by atoms with van der Waals surface area (Å²) in [5, 5.41) is 0. The predicted molar refractivity (Wildman–Crippen MR) is 64.1 cm³/mol. The second-order valence-electron chi connectivity index (χ2n) is 3.97. The molecule has 18 heavy (non-hydrogen) atoms. The summed E-state index contributed by atoms with van der Waals surface area (Å²) in [5.74, 6) is -1.51. The summed E-state index contributed by atoms with van der Waals surface area (Å²) < 4.78 is 25.8. The van der Waals surface area contributed by atoms with Crippen LogP contribution in [0, 0.1) is 11.6 Å². The highest BCUT2D eigenvalue weighted by Crippen LogP contribution is 2.16. The van der Waals surface area contributed by atoms with Gasteiger partial charge in [-0.25, -0.2) is 8.78 Å². The molecule has 0 aliphatic heterocycles. The molecule has 1 amide bonds. The SMILES string of the molecule is NC(=O)c1cc(F)ccc1Cc1ccc(F)cc1. The Bertz CT molecular complexity index is 579. The molecule has 0 bridgehead atoms. The number of amides is 1. The van der Waals surface area contributed by atoms with Crippen molar-refractivity contribution in [1.29, 1.82) is 0 Å². The minimum absolute atomic E-state index is 0.152. The Morgan fingerprint density at radius 3 is 2.22 bits per heavy atom. The molecule has 0 saturated heterocycles. The lowest BCUT2D eigenvalue weighted by Crippen LogP contribution is -2.14. The fraction of sp³-hybridized carbons (Fsp3) is 0.0714. The first-order valence-electron chi connectivity index (χ1n) is 5.39. The second-order valence-corrected chi connectivity index (χ2v) is 3.97. The van der Waals surface area contributed by atoms with Crippen LogP contribution in [0.4, 0.5) is 8.78 Å². The molecule has 0 saturated carbocycles. The molecule has 2 N–H and O–H groups in total. The second kappa shape index (κ2) is 4.96. The van der Waals surface area contributed by atoms with Gasteiger partial charge < -0.3 is 5.73 Å². The maximum absolute atomic E-state index is 13.0. The molecule has 0 heterocycles. The van der Waals surface area contributed by atoms with Crippen LogP contribution in [0.5, 0.6) is 0 Å². The van der Waals surface area contributed by atoms with Crippen molar-refractivity contribution in [3.05, 3.63) is 70.8 Å². The van der Waals surface area contributed by atoms with E-state index in [0.29, 0.717) is 12.0 Å². The summed E-state index contributed by atoms with van der Waals surface area (Å²) in [4.78, 5) is 11.2. The molecule has 0 radical (unpaired) electrons. The minimum Gasteiger partial charge on any atom is -0.366 e. The summed E-state index contributed by atoms with van der Waals surface area (Å²) in [5.41, 5.74) is 6.79. The maximum Gasteiger partial charge on any atom is 0.249 e. The number of benzene rings is 2. The van der Waals surface area contributed by atoms with E-state index in [9.17, 15) is 13.6 Å². The first-order valence-corrected chi connectivity index (χ1v) is 5.39. The van der Waals surface area contributed by atoms with E-state index in [1.54, 1.807) is 12.1 Å². The van der Waals surface area contributed by atoms with Gasteiger partial charge in [0.15, 0.2) is 0 Å². The first kappa shape index (κ1) is 12.2. The normalized spacial score (nSPS) is 10.3. The van der Waals surface area contributed by atoms with Gasteiger partial charge in [-0.2, -0.15) is 0 Å². The Morgan fingerprint density at radius 2 is 1.61 bits per heavy atom. The maximum atomic E-state index is 13.0. The van der Waals surface area contributed by atoms with E-state index < -0.39 is 11.7 Å². The zero-order valence-corrected chi connectivity index (χ0v) is 9.49. The van der Waals surface area contributed by atoms with Gasteiger partial charge in [0, 0.05) is 5.56 Å². The molecule has 2 aromatic rings. The molecule has 2 nitrogen and oxygen atoms in total. The molecule has 0 spiro atoms. The fourth-order valence-corrected chi connectivity index (χ4v) is 1.75. The summed E-state index contributed by atoms with van der Waals surface area (Å²) >= 11 is 0. The Labute approximate surface area is 103 Å². The van der Waals surface area contributed by atoms with Crippen LogP contribution < -0.4 is 5.73 Å². The van der Waals surface area contributed by atoms with Gasteiger partial charge in [0.1, 0.15) is 11.6 Å². The van der Waals surface area contributed by atoms with Gasteiger partial charge in [0.25, 0.3) is 0 Å². The van der Waals surface area contributed by atoms with Crippen LogP contribution in [0.15, 0.2) is 42.5 Å². The van der Waals surface area contributed by atoms with Crippen LogP contribution in [0.2, 0.25) is 0 Å². The van der Waals surface area contributed by atoms with Crippen LogP contribution in [0.3, 0.4) is 0 Å². The number of carbonyl (C=O) groups excluding carboxylic acids is 1. The molecule has 2 rings (SSSR count). The number of halogens is 2. The van der Waals surface area contributed by atoms with E-state index in [1.807, 2.05) is 0 Å². The van der Waals surface area contributed by atoms with Gasteiger partial charge in [-0.3, -0.25) is 4.79 Å². The third-order valence-corrected chi connectivity index (χ3v) is 2.65. The van der Waals surface area contributed by atoms with Crippen molar-refractivity contribution in [3.8, 4) is 0 Å². The molecule has 0 aliphatic carbocycles. The van der Waals surface area contributed by atoms with Crippen molar-refractivity contribution in [2.75, 3.05) is 0 Å². The summed E-state index contributed by atoms with van der Waals surface area (Å²) in [7, 11) is 0. The van der Waals surface area contributed by atoms with E-state index in [1.165, 1.54) is 24.3 Å². The number of carbonyl (C=O) groups is 1. The van der Waals surface area contributed by atoms with E-state index in [0.717, 1.165) is 11.6 Å². The first-order chi connectivity index (χ1) is 8.56. The molecule has 0 unspecified atom stereocenters. The highest BCUT2D eigenvalue weighted by molar-refractivity contribution is 5.94. The quantitative estimate of drug-likeness (QED) is 0.890. The molecule has 2 aromatic carbocycles. The third-order valence-electron chi connectivity index (χ3n) is 2.65. The standard InChI is InChI=1S/C14H11F2NO/c15-11-4-1-9(2-5-11)7-10-3-6-12(16)8-13(10)14(17)18/h1-6,8H,7H2,(H2,17,18). The Kier molecular flexibility index (Phi) is 3.37. The van der Waals surface area contributed by atoms with Gasteiger partial charge in [-0.15, -0.1) is 0 Å². The average molecular weight is 247 g/mol. The van der Waals surface area contributed by atoms with Crippen LogP contribution in [0.25, 0.3) is 0 Å². The fourth-order valence-electron chi connectivity index (χ4n) is 1.75. The van der Waals surface area contributed by atoms with Gasteiger partial charge in [-0.1, -0.05) is 18.2 Å². The smallest absolute Gasteiger partial charge is 0.249 e. The minimum atomic E-state index is -0.674. The van der Waals surface area contributed by atoms with Gasteiger partial charge in [0.2, 0.25) is 5.91 Å². The van der Waals surface area contributed by atoms with Crippen LogP contribution >= 0.6 is 0 Å². The predicted octanol–water partition coefficient (Wildman–Crippen LogP) is 2.65. The molecular formula is C14H11F2NO. The summed E-state index contributed by atoms with van der Waals surface area (Å²) in [6.07, 6.45) is 0.402. The topological polar surface area (TPSA) is 43.1 Å². The van der Waals surface area contributed by atoms with E-state index in [-0.39, 0.29) is 11.4 Å². The number of nitrogens with two attached hydrogens (primary N) is 1. The summed E-state index contributed by atoms with van der Waals surface area (Å²) in [6, 6.07) is 9.80. The molecular weight excluding hydrogens is 236 g/mol. The molecule has 0 aliphatic rings. The van der Waals surface area contributed by atoms with Gasteiger partial charge >= 0.3 is 0 Å². The van der Waals surface area contributed by atoms with Crippen molar-refractivity contribution < 1.29 is 13.6 Å². The number of primary amides is 1. The van der Waals surface area contributed by atoms with Crippen molar-refractivity contribution >= 4 is 5.91 Å². The van der Waals surface area contributed by atoms with Crippen molar-refractivity contribution in [1.82, 2.24) is 0 Å². The lowest BCUT2D eigenvalue weighted by Gasteiger charge is -2.07. The number of hydrogen-bond donors (Lipinski definition) is 1. The molecule has 92 valence electrons. The zero-order chi connectivity index (χ0) is 13.1. The highest BCUT2D eigenvalue weighted by Gasteiger charge is 2.10. The van der Waals surface area contributed by atoms with Crippen molar-refractivity contribution in [3.63, 3.8) is 0 Å². The van der Waals surface area contributed by atoms with Crippen LogP contribution in [0.1, 0.15) is 21.5 Å². The molecule has 0 atom stereocenters. The largest absolute Gasteiger partial charge is 0.366 e. The molecule has 4 heteroatoms. The third kappa shape index (κ3) is 2.71. The van der Waals surface area contributed by atoms with Crippen molar-refractivity contribution in [2.24, 2.45) is 5.73 Å². The van der Waals surface area contributed by atoms with E-state index >= 15 is 0 Å². The van der Waals surface area contributed by atoms with E-state index in [2.05, 4.69) is 0 Å². The van der Waals surface area contributed by atoms with Crippen LogP contribution in [-0.4, -0.2) is 5.91 Å². The Balaban J connectivity index is 2.34. The number of rotatable bonds is 3. The monoisotopic (exact) mass is 247 g/mol. The molecule has 0 aromatic heterocycles.